The van der Waals surface area contributed by atoms with Crippen LogP contribution < -0.4 is 5.32 Å². The molecule has 2 heterocycles. The van der Waals surface area contributed by atoms with Crippen LogP contribution in [0.4, 0.5) is 5.69 Å². The van der Waals surface area contributed by atoms with Crippen molar-refractivity contribution in [3.63, 3.8) is 0 Å². The number of nitrogens with zero attached hydrogens (tertiary/aromatic N) is 2. The topological polar surface area (TPSA) is 90.4 Å². The van der Waals surface area contributed by atoms with Gasteiger partial charge >= 0.3 is 11.9 Å². The Morgan fingerprint density at radius 3 is 2.64 bits per heavy atom. The number of anilines is 1. The number of nitrogens with one attached hydrogen (secondary N) is 1. The molecule has 3 aromatic rings. The summed E-state index contributed by atoms with van der Waals surface area (Å²) in [5.74, 6) is -1.34. The number of esters is 2. The Morgan fingerprint density at radius 1 is 1.11 bits per heavy atom. The van der Waals surface area contributed by atoms with Crippen LogP contribution in [0.5, 0.6) is 0 Å². The fourth-order valence-corrected chi connectivity index (χ4v) is 3.19. The van der Waals surface area contributed by atoms with Crippen molar-refractivity contribution in [2.45, 2.75) is 0 Å². The smallest absolute Gasteiger partial charge is 0.354 e. The van der Waals surface area contributed by atoms with Crippen molar-refractivity contribution >= 4 is 29.0 Å². The zero-order valence-corrected chi connectivity index (χ0v) is 16.0. The zero-order chi connectivity index (χ0) is 19.9. The summed E-state index contributed by atoms with van der Waals surface area (Å²) in [7, 11) is 2.47. The van der Waals surface area contributed by atoms with Crippen LogP contribution >= 0.6 is 11.3 Å². The van der Waals surface area contributed by atoms with E-state index >= 15 is 0 Å². The molecule has 0 spiro atoms. The first kappa shape index (κ1) is 19.2. The average Bonchev–Trinajstić information content (AvgIpc) is 3.24. The van der Waals surface area contributed by atoms with E-state index in [9.17, 15) is 9.59 Å². The third-order valence-corrected chi connectivity index (χ3v) is 4.61. The summed E-state index contributed by atoms with van der Waals surface area (Å²) >= 11 is 1.52. The first-order valence-electron chi connectivity index (χ1n) is 8.22. The summed E-state index contributed by atoms with van der Waals surface area (Å²) in [6.45, 7) is 0. The van der Waals surface area contributed by atoms with Crippen molar-refractivity contribution in [3.05, 3.63) is 65.9 Å². The highest BCUT2D eigenvalue weighted by Gasteiger charge is 2.14. The highest BCUT2D eigenvalue weighted by Crippen LogP contribution is 2.29. The van der Waals surface area contributed by atoms with E-state index in [-0.39, 0.29) is 5.70 Å². The van der Waals surface area contributed by atoms with E-state index in [1.165, 1.54) is 25.6 Å². The molecular weight excluding hydrogens is 378 g/mol. The zero-order valence-electron chi connectivity index (χ0n) is 15.2. The number of methoxy groups -OCH3 is 2. The lowest BCUT2D eigenvalue weighted by molar-refractivity contribution is -0.138. The van der Waals surface area contributed by atoms with Gasteiger partial charge in [0, 0.05) is 34.6 Å². The summed E-state index contributed by atoms with van der Waals surface area (Å²) < 4.78 is 9.28. The third-order valence-electron chi connectivity index (χ3n) is 3.72. The Balaban J connectivity index is 1.86. The molecule has 0 radical (unpaired) electrons. The minimum atomic E-state index is -0.677. The van der Waals surface area contributed by atoms with E-state index in [2.05, 4.69) is 20.0 Å². The molecule has 3 rings (SSSR count). The van der Waals surface area contributed by atoms with E-state index in [0.29, 0.717) is 5.69 Å². The highest BCUT2D eigenvalue weighted by molar-refractivity contribution is 7.13. The van der Waals surface area contributed by atoms with E-state index in [1.807, 2.05) is 35.7 Å². The number of aromatic nitrogens is 2. The van der Waals surface area contributed by atoms with Crippen LogP contribution in [0, 0.1) is 0 Å². The van der Waals surface area contributed by atoms with Crippen LogP contribution in [-0.4, -0.2) is 36.1 Å². The van der Waals surface area contributed by atoms with Gasteiger partial charge in [-0.15, -0.1) is 11.3 Å². The quantitative estimate of drug-likeness (QED) is 0.504. The normalized spacial score (nSPS) is 11.0. The van der Waals surface area contributed by atoms with E-state index in [1.54, 1.807) is 18.5 Å². The Kier molecular flexibility index (Phi) is 6.13. The van der Waals surface area contributed by atoms with Crippen LogP contribution in [0.15, 0.2) is 65.9 Å². The second kappa shape index (κ2) is 8.92. The first-order valence-corrected chi connectivity index (χ1v) is 9.10. The Bertz CT molecular complexity index is 1020. The van der Waals surface area contributed by atoms with E-state index in [0.717, 1.165) is 27.9 Å². The Morgan fingerprint density at radius 2 is 1.93 bits per heavy atom. The SMILES string of the molecule is COC(=O)/C=C(/Nc1cccc(-c2csc(-c3cccnc3)n2)c1)C(=O)OC. The number of carbonyl (C=O) groups excluding carboxylic acids is 2. The number of thiazole rings is 1. The molecule has 0 aliphatic rings. The molecule has 8 heteroatoms. The second-order valence-corrected chi connectivity index (χ2v) is 6.42. The molecule has 0 aliphatic carbocycles. The molecule has 0 aliphatic heterocycles. The molecule has 0 saturated heterocycles. The van der Waals surface area contributed by atoms with E-state index < -0.39 is 11.9 Å². The molecular formula is C20H17N3O4S. The average molecular weight is 395 g/mol. The second-order valence-electron chi connectivity index (χ2n) is 5.56. The molecule has 28 heavy (non-hydrogen) atoms. The summed E-state index contributed by atoms with van der Waals surface area (Å²) in [4.78, 5) is 32.2. The van der Waals surface area contributed by atoms with Gasteiger partial charge in [-0.05, 0) is 24.3 Å². The molecule has 0 saturated carbocycles. The van der Waals surface area contributed by atoms with Crippen molar-refractivity contribution in [1.82, 2.24) is 9.97 Å². The van der Waals surface area contributed by atoms with Crippen molar-refractivity contribution in [2.75, 3.05) is 19.5 Å². The Hall–Kier alpha value is -3.52. The molecule has 2 aromatic heterocycles. The lowest BCUT2D eigenvalue weighted by Crippen LogP contribution is -2.15. The standard InChI is InChI=1S/C20H17N3O4S/c1-26-18(24)10-16(20(25)27-2)22-15-7-3-5-13(9-15)17-12-28-19(23-17)14-6-4-8-21-11-14/h3-12,22H,1-2H3/b16-10+. The molecule has 0 unspecified atom stereocenters. The minimum absolute atomic E-state index is 0.0270. The third kappa shape index (κ3) is 4.60. The fraction of sp³-hybridized carbons (Fsp3) is 0.100. The predicted molar refractivity (Wildman–Crippen MR) is 107 cm³/mol. The van der Waals surface area contributed by atoms with E-state index in [4.69, 9.17) is 4.74 Å². The number of ether oxygens (including phenoxy) is 2. The van der Waals surface area contributed by atoms with Crippen molar-refractivity contribution < 1.29 is 19.1 Å². The van der Waals surface area contributed by atoms with Gasteiger partial charge in [0.25, 0.3) is 0 Å². The number of pyridine rings is 1. The predicted octanol–water partition coefficient (Wildman–Crippen LogP) is 3.51. The van der Waals surface area contributed by atoms with Crippen LogP contribution in [-0.2, 0) is 19.1 Å². The molecule has 0 bridgehead atoms. The van der Waals surface area contributed by atoms with Gasteiger partial charge in [-0.2, -0.15) is 0 Å². The minimum Gasteiger partial charge on any atom is -0.466 e. The number of hydrogen-bond donors (Lipinski definition) is 1. The summed E-state index contributed by atoms with van der Waals surface area (Å²) in [6, 6.07) is 11.2. The fourth-order valence-electron chi connectivity index (χ4n) is 2.37. The summed E-state index contributed by atoms with van der Waals surface area (Å²) in [5, 5.41) is 5.71. The van der Waals surface area contributed by atoms with Crippen molar-refractivity contribution in [1.29, 1.82) is 0 Å². The van der Waals surface area contributed by atoms with Crippen molar-refractivity contribution in [2.24, 2.45) is 0 Å². The summed E-state index contributed by atoms with van der Waals surface area (Å²) in [6.07, 6.45) is 4.52. The van der Waals surface area contributed by atoms with Crippen LogP contribution in [0.2, 0.25) is 0 Å². The maximum atomic E-state index is 11.9. The van der Waals surface area contributed by atoms with Gasteiger partial charge in [-0.25, -0.2) is 14.6 Å². The van der Waals surface area contributed by atoms with Gasteiger partial charge in [-0.3, -0.25) is 4.98 Å². The lowest BCUT2D eigenvalue weighted by Gasteiger charge is -2.10. The molecule has 0 atom stereocenters. The maximum absolute atomic E-state index is 11.9. The highest BCUT2D eigenvalue weighted by atomic mass is 32.1. The number of hydrogen-bond acceptors (Lipinski definition) is 8. The van der Waals surface area contributed by atoms with Gasteiger partial charge in [0.05, 0.1) is 26.0 Å². The summed E-state index contributed by atoms with van der Waals surface area (Å²) in [5.41, 5.74) is 3.18. The molecule has 142 valence electrons. The molecule has 7 nitrogen and oxygen atoms in total. The largest absolute Gasteiger partial charge is 0.466 e. The lowest BCUT2D eigenvalue weighted by atomic mass is 10.1. The van der Waals surface area contributed by atoms with Gasteiger partial charge in [0.1, 0.15) is 10.7 Å². The molecule has 1 aromatic carbocycles. The van der Waals surface area contributed by atoms with Gasteiger partial charge in [0.2, 0.25) is 0 Å². The molecule has 0 fully saturated rings. The van der Waals surface area contributed by atoms with Crippen LogP contribution in [0.1, 0.15) is 0 Å². The van der Waals surface area contributed by atoms with Gasteiger partial charge in [0.15, 0.2) is 0 Å². The Labute approximate surface area is 165 Å². The molecule has 0 amide bonds. The number of rotatable bonds is 6. The van der Waals surface area contributed by atoms with Crippen LogP contribution in [0.25, 0.3) is 21.8 Å². The van der Waals surface area contributed by atoms with Crippen molar-refractivity contribution in [3.8, 4) is 21.8 Å². The molecule has 1 N–H and O–H groups in total. The number of carbonyl (C=O) groups is 2. The van der Waals surface area contributed by atoms with Gasteiger partial charge < -0.3 is 14.8 Å². The number of benzene rings is 1. The maximum Gasteiger partial charge on any atom is 0.354 e. The monoisotopic (exact) mass is 395 g/mol. The van der Waals surface area contributed by atoms with Gasteiger partial charge in [-0.1, -0.05) is 12.1 Å². The van der Waals surface area contributed by atoms with Crippen LogP contribution in [0.3, 0.4) is 0 Å². The first-order chi connectivity index (χ1) is 13.6.